The summed E-state index contributed by atoms with van der Waals surface area (Å²) in [5.74, 6) is -0.299. The highest BCUT2D eigenvalue weighted by Crippen LogP contribution is 2.25. The first-order valence-corrected chi connectivity index (χ1v) is 10.0. The minimum atomic E-state index is -3.51. The maximum atomic E-state index is 12.2. The summed E-state index contributed by atoms with van der Waals surface area (Å²) in [6, 6.07) is 12.5. The van der Waals surface area contributed by atoms with Crippen molar-refractivity contribution in [2.24, 2.45) is 0 Å². The lowest BCUT2D eigenvalue weighted by Gasteiger charge is -2.24. The number of sulfonamides is 1. The second kappa shape index (κ2) is 7.89. The van der Waals surface area contributed by atoms with Gasteiger partial charge in [0.25, 0.3) is 0 Å². The monoisotopic (exact) mass is 380 g/mol. The smallest absolute Gasteiger partial charge is 0.232 e. The van der Waals surface area contributed by atoms with E-state index < -0.39 is 10.0 Å². The molecule has 0 saturated heterocycles. The highest BCUT2D eigenvalue weighted by atomic mass is 35.5. The summed E-state index contributed by atoms with van der Waals surface area (Å²) in [7, 11) is -3.51. The van der Waals surface area contributed by atoms with Crippen molar-refractivity contribution >= 4 is 38.9 Å². The molecule has 2 aromatic carbocycles. The number of benzene rings is 2. The Labute approximate surface area is 153 Å². The van der Waals surface area contributed by atoms with Crippen LogP contribution in [0, 0.1) is 13.8 Å². The molecule has 0 unspecified atom stereocenters. The van der Waals surface area contributed by atoms with E-state index in [0.717, 1.165) is 17.4 Å². The number of aryl methyl sites for hydroxylation is 2. The Hall–Kier alpha value is -2.05. The van der Waals surface area contributed by atoms with Gasteiger partial charge in [-0.05, 0) is 43.2 Å². The van der Waals surface area contributed by atoms with Gasteiger partial charge in [0.15, 0.2) is 0 Å². The summed E-state index contributed by atoms with van der Waals surface area (Å²) in [6.07, 6.45) is 1.16. The molecule has 0 aliphatic carbocycles. The van der Waals surface area contributed by atoms with E-state index in [-0.39, 0.29) is 18.9 Å². The van der Waals surface area contributed by atoms with Crippen molar-refractivity contribution in [3.63, 3.8) is 0 Å². The molecule has 1 N–H and O–H groups in total. The molecule has 0 aromatic heterocycles. The Bertz CT molecular complexity index is 882. The average Bonchev–Trinajstić information content (AvgIpc) is 2.52. The van der Waals surface area contributed by atoms with Crippen molar-refractivity contribution in [2.45, 2.75) is 20.3 Å². The lowest BCUT2D eigenvalue weighted by molar-refractivity contribution is -0.116. The van der Waals surface area contributed by atoms with Crippen molar-refractivity contribution in [3.8, 4) is 0 Å². The summed E-state index contributed by atoms with van der Waals surface area (Å²) >= 11 is 6.02. The first-order chi connectivity index (χ1) is 11.7. The van der Waals surface area contributed by atoms with Gasteiger partial charge in [-0.1, -0.05) is 35.9 Å². The highest BCUT2D eigenvalue weighted by molar-refractivity contribution is 7.92. The minimum absolute atomic E-state index is 0.0195. The molecule has 0 fully saturated rings. The molecule has 2 aromatic rings. The van der Waals surface area contributed by atoms with Crippen molar-refractivity contribution in [1.82, 2.24) is 0 Å². The number of halogens is 1. The van der Waals surface area contributed by atoms with E-state index >= 15 is 0 Å². The molecule has 0 bridgehead atoms. The van der Waals surface area contributed by atoms with Crippen LogP contribution in [0.4, 0.5) is 11.4 Å². The normalized spacial score (nSPS) is 11.2. The summed E-state index contributed by atoms with van der Waals surface area (Å²) < 4.78 is 25.7. The minimum Gasteiger partial charge on any atom is -0.325 e. The Morgan fingerprint density at radius 3 is 2.48 bits per heavy atom. The summed E-state index contributed by atoms with van der Waals surface area (Å²) in [6.45, 7) is 3.80. The third-order valence-corrected chi connectivity index (χ3v) is 5.23. The van der Waals surface area contributed by atoms with Gasteiger partial charge in [0.1, 0.15) is 0 Å². The lowest BCUT2D eigenvalue weighted by Crippen LogP contribution is -2.33. The van der Waals surface area contributed by atoms with E-state index in [0.29, 0.717) is 16.4 Å². The molecule has 0 atom stereocenters. The molecule has 7 heteroatoms. The van der Waals surface area contributed by atoms with Crippen molar-refractivity contribution in [3.05, 3.63) is 58.6 Å². The van der Waals surface area contributed by atoms with Crippen LogP contribution < -0.4 is 9.62 Å². The van der Waals surface area contributed by atoms with Crippen LogP contribution in [0.15, 0.2) is 42.5 Å². The predicted octanol–water partition coefficient (Wildman–Crippen LogP) is 3.75. The standard InChI is InChI=1S/C18H21ClN2O3S/c1-13-8-9-14(2)17(12-13)21(25(3,23)24)11-10-18(22)20-16-7-5-4-6-15(16)19/h4-9,12H,10-11H2,1-3H3,(H,20,22). The van der Waals surface area contributed by atoms with Gasteiger partial charge in [0.2, 0.25) is 15.9 Å². The van der Waals surface area contributed by atoms with E-state index in [2.05, 4.69) is 5.32 Å². The van der Waals surface area contributed by atoms with Gasteiger partial charge in [0, 0.05) is 13.0 Å². The van der Waals surface area contributed by atoms with Crippen LogP contribution in [0.5, 0.6) is 0 Å². The Balaban J connectivity index is 2.15. The van der Waals surface area contributed by atoms with Crippen molar-refractivity contribution in [2.75, 3.05) is 22.4 Å². The number of hydrogen-bond acceptors (Lipinski definition) is 3. The number of para-hydroxylation sites is 1. The van der Waals surface area contributed by atoms with E-state index in [9.17, 15) is 13.2 Å². The van der Waals surface area contributed by atoms with Gasteiger partial charge in [-0.2, -0.15) is 0 Å². The van der Waals surface area contributed by atoms with Crippen LogP contribution in [-0.4, -0.2) is 27.1 Å². The van der Waals surface area contributed by atoms with Gasteiger partial charge in [-0.15, -0.1) is 0 Å². The fourth-order valence-electron chi connectivity index (χ4n) is 2.43. The Kier molecular flexibility index (Phi) is 6.08. The highest BCUT2D eigenvalue weighted by Gasteiger charge is 2.20. The fourth-order valence-corrected chi connectivity index (χ4v) is 3.59. The zero-order valence-corrected chi connectivity index (χ0v) is 16.0. The van der Waals surface area contributed by atoms with Crippen LogP contribution in [0.25, 0.3) is 0 Å². The molecule has 0 saturated carbocycles. The molecule has 2 rings (SSSR count). The lowest BCUT2D eigenvalue weighted by atomic mass is 10.1. The predicted molar refractivity (Wildman–Crippen MR) is 103 cm³/mol. The number of carbonyl (C=O) groups is 1. The first kappa shape index (κ1) is 19.3. The maximum Gasteiger partial charge on any atom is 0.232 e. The molecule has 0 heterocycles. The zero-order chi connectivity index (χ0) is 18.6. The number of nitrogens with zero attached hydrogens (tertiary/aromatic N) is 1. The van der Waals surface area contributed by atoms with Gasteiger partial charge < -0.3 is 5.32 Å². The van der Waals surface area contributed by atoms with Crippen LogP contribution in [-0.2, 0) is 14.8 Å². The molecule has 5 nitrogen and oxygen atoms in total. The van der Waals surface area contributed by atoms with Crippen LogP contribution in [0.2, 0.25) is 5.02 Å². The van der Waals surface area contributed by atoms with Crippen molar-refractivity contribution in [1.29, 1.82) is 0 Å². The largest absolute Gasteiger partial charge is 0.325 e. The third kappa shape index (κ3) is 5.21. The molecule has 134 valence electrons. The molecule has 0 aliphatic rings. The topological polar surface area (TPSA) is 66.5 Å². The fraction of sp³-hybridized carbons (Fsp3) is 0.278. The summed E-state index contributed by atoms with van der Waals surface area (Å²) in [4.78, 5) is 12.2. The number of anilines is 2. The summed E-state index contributed by atoms with van der Waals surface area (Å²) in [5.41, 5.74) is 2.89. The van der Waals surface area contributed by atoms with Gasteiger partial charge in [-0.25, -0.2) is 8.42 Å². The van der Waals surface area contributed by atoms with E-state index in [4.69, 9.17) is 11.6 Å². The van der Waals surface area contributed by atoms with Crippen LogP contribution in [0.1, 0.15) is 17.5 Å². The Morgan fingerprint density at radius 1 is 1.16 bits per heavy atom. The van der Waals surface area contributed by atoms with Gasteiger partial charge in [0.05, 0.1) is 22.7 Å². The number of hydrogen-bond donors (Lipinski definition) is 1. The second-order valence-corrected chi connectivity index (χ2v) is 8.22. The molecular weight excluding hydrogens is 360 g/mol. The van der Waals surface area contributed by atoms with Crippen LogP contribution in [0.3, 0.4) is 0 Å². The molecular formula is C18H21ClN2O3S. The van der Waals surface area contributed by atoms with Crippen LogP contribution >= 0.6 is 11.6 Å². The molecule has 25 heavy (non-hydrogen) atoms. The average molecular weight is 381 g/mol. The zero-order valence-electron chi connectivity index (χ0n) is 14.4. The molecule has 1 amide bonds. The number of rotatable bonds is 6. The van der Waals surface area contributed by atoms with E-state index in [1.807, 2.05) is 32.0 Å². The SMILES string of the molecule is Cc1ccc(C)c(N(CCC(=O)Nc2ccccc2Cl)S(C)(=O)=O)c1. The van der Waals surface area contributed by atoms with E-state index in [1.54, 1.807) is 24.3 Å². The molecule has 0 aliphatic heterocycles. The quantitative estimate of drug-likeness (QED) is 0.829. The Morgan fingerprint density at radius 2 is 1.84 bits per heavy atom. The third-order valence-electron chi connectivity index (χ3n) is 3.72. The second-order valence-electron chi connectivity index (χ2n) is 5.90. The first-order valence-electron chi connectivity index (χ1n) is 7.78. The number of amides is 1. The summed E-state index contributed by atoms with van der Waals surface area (Å²) in [5, 5.41) is 3.14. The van der Waals surface area contributed by atoms with Gasteiger partial charge >= 0.3 is 0 Å². The van der Waals surface area contributed by atoms with Crippen molar-refractivity contribution < 1.29 is 13.2 Å². The maximum absolute atomic E-state index is 12.2. The molecule has 0 spiro atoms. The number of carbonyl (C=O) groups excluding carboxylic acids is 1. The number of nitrogens with one attached hydrogen (secondary N) is 1. The van der Waals surface area contributed by atoms with Gasteiger partial charge in [-0.3, -0.25) is 9.10 Å². The molecule has 0 radical (unpaired) electrons. The van der Waals surface area contributed by atoms with E-state index in [1.165, 1.54) is 4.31 Å².